The summed E-state index contributed by atoms with van der Waals surface area (Å²) in [6.07, 6.45) is -0.199. The Morgan fingerprint density at radius 2 is 2.35 bits per heavy atom. The largest absolute Gasteiger partial charge is 0.383 e. The van der Waals surface area contributed by atoms with E-state index in [1.807, 2.05) is 25.1 Å². The lowest BCUT2D eigenvalue weighted by molar-refractivity contribution is -0.132. The first-order valence-corrected chi connectivity index (χ1v) is 6.76. The Labute approximate surface area is 122 Å². The standard InChI is InChI=1S/C14H17ClN2O3/c1-9(8-19-2)16-14(18)13-7-12(17-20-13)10-5-3-4-6-11(10)15/h3-6,9,13H,7-8H2,1-2H3,(H,16,18)/t9-,13+/m1/s1. The number of carbonyl (C=O) groups is 1. The van der Waals surface area contributed by atoms with Gasteiger partial charge in [0, 0.05) is 30.2 Å². The highest BCUT2D eigenvalue weighted by Gasteiger charge is 2.30. The highest BCUT2D eigenvalue weighted by atomic mass is 35.5. The molecule has 0 unspecified atom stereocenters. The van der Waals surface area contributed by atoms with Crippen LogP contribution in [0.25, 0.3) is 0 Å². The molecule has 6 heteroatoms. The van der Waals surface area contributed by atoms with Crippen molar-refractivity contribution in [1.29, 1.82) is 0 Å². The van der Waals surface area contributed by atoms with Crippen LogP contribution in [0.1, 0.15) is 18.9 Å². The molecule has 5 nitrogen and oxygen atoms in total. The van der Waals surface area contributed by atoms with Crippen LogP contribution in [0.5, 0.6) is 0 Å². The van der Waals surface area contributed by atoms with Crippen molar-refractivity contribution in [2.45, 2.75) is 25.5 Å². The summed E-state index contributed by atoms with van der Waals surface area (Å²) in [7, 11) is 1.59. The minimum Gasteiger partial charge on any atom is -0.383 e. The van der Waals surface area contributed by atoms with E-state index in [0.29, 0.717) is 23.8 Å². The van der Waals surface area contributed by atoms with Crippen LogP contribution in [0.3, 0.4) is 0 Å². The topological polar surface area (TPSA) is 59.9 Å². The van der Waals surface area contributed by atoms with Crippen LogP contribution in [0.15, 0.2) is 29.4 Å². The van der Waals surface area contributed by atoms with Crippen molar-refractivity contribution in [1.82, 2.24) is 5.32 Å². The SMILES string of the molecule is COC[C@@H](C)NC(=O)[C@@H]1CC(c2ccccc2Cl)=NO1. The number of methoxy groups -OCH3 is 1. The van der Waals surface area contributed by atoms with Gasteiger partial charge in [0.15, 0.2) is 0 Å². The van der Waals surface area contributed by atoms with Gasteiger partial charge in [0.1, 0.15) is 0 Å². The van der Waals surface area contributed by atoms with Crippen molar-refractivity contribution >= 4 is 23.2 Å². The maximum atomic E-state index is 12.0. The molecule has 0 bridgehead atoms. The molecule has 0 radical (unpaired) electrons. The fourth-order valence-electron chi connectivity index (χ4n) is 2.00. The number of nitrogens with one attached hydrogen (secondary N) is 1. The summed E-state index contributed by atoms with van der Waals surface area (Å²) < 4.78 is 4.97. The summed E-state index contributed by atoms with van der Waals surface area (Å²) in [5, 5.41) is 7.38. The fourth-order valence-corrected chi connectivity index (χ4v) is 2.24. The Kier molecular flexibility index (Phi) is 4.98. The summed E-state index contributed by atoms with van der Waals surface area (Å²) in [5.41, 5.74) is 1.49. The zero-order valence-electron chi connectivity index (χ0n) is 11.4. The predicted octanol–water partition coefficient (Wildman–Crippen LogP) is 1.98. The van der Waals surface area contributed by atoms with Gasteiger partial charge in [-0.2, -0.15) is 0 Å². The first-order valence-electron chi connectivity index (χ1n) is 6.38. The summed E-state index contributed by atoms with van der Waals surface area (Å²) in [4.78, 5) is 17.2. The minimum atomic E-state index is -0.611. The maximum absolute atomic E-state index is 12.0. The second kappa shape index (κ2) is 6.72. The number of nitrogens with zero attached hydrogens (tertiary/aromatic N) is 1. The second-order valence-corrected chi connectivity index (χ2v) is 5.09. The van der Waals surface area contributed by atoms with Gasteiger partial charge in [0.25, 0.3) is 5.91 Å². The molecule has 20 heavy (non-hydrogen) atoms. The van der Waals surface area contributed by atoms with Gasteiger partial charge in [-0.3, -0.25) is 4.79 Å². The smallest absolute Gasteiger partial charge is 0.264 e. The van der Waals surface area contributed by atoms with E-state index >= 15 is 0 Å². The lowest BCUT2D eigenvalue weighted by Crippen LogP contribution is -2.42. The number of benzene rings is 1. The zero-order chi connectivity index (χ0) is 14.5. The molecule has 0 spiro atoms. The Morgan fingerprint density at radius 1 is 1.60 bits per heavy atom. The van der Waals surface area contributed by atoms with Crippen LogP contribution in [0, 0.1) is 0 Å². The van der Waals surface area contributed by atoms with Crippen LogP contribution in [0.2, 0.25) is 5.02 Å². The van der Waals surface area contributed by atoms with E-state index in [1.54, 1.807) is 13.2 Å². The average molecular weight is 297 g/mol. The first kappa shape index (κ1) is 14.8. The van der Waals surface area contributed by atoms with Gasteiger partial charge in [0.05, 0.1) is 12.3 Å². The highest BCUT2D eigenvalue weighted by molar-refractivity contribution is 6.34. The third kappa shape index (κ3) is 3.49. The summed E-state index contributed by atoms with van der Waals surface area (Å²) >= 11 is 6.10. The number of oxime groups is 1. The molecule has 0 saturated heterocycles. The summed E-state index contributed by atoms with van der Waals surface area (Å²) in [6.45, 7) is 2.32. The number of ether oxygens (including phenoxy) is 1. The van der Waals surface area contributed by atoms with Gasteiger partial charge in [-0.25, -0.2) is 0 Å². The van der Waals surface area contributed by atoms with Crippen molar-refractivity contribution in [3.8, 4) is 0 Å². The minimum absolute atomic E-state index is 0.0690. The molecular formula is C14H17ClN2O3. The lowest BCUT2D eigenvalue weighted by atomic mass is 10.0. The van der Waals surface area contributed by atoms with E-state index in [4.69, 9.17) is 21.2 Å². The second-order valence-electron chi connectivity index (χ2n) is 4.68. The molecule has 1 amide bonds. The van der Waals surface area contributed by atoms with E-state index in [-0.39, 0.29) is 11.9 Å². The quantitative estimate of drug-likeness (QED) is 0.904. The molecule has 0 aliphatic carbocycles. The number of rotatable bonds is 5. The van der Waals surface area contributed by atoms with Gasteiger partial charge in [-0.05, 0) is 13.0 Å². The molecule has 1 aromatic rings. The molecule has 0 saturated carbocycles. The number of halogens is 1. The van der Waals surface area contributed by atoms with Crippen LogP contribution in [0.4, 0.5) is 0 Å². The molecular weight excluding hydrogens is 280 g/mol. The van der Waals surface area contributed by atoms with Crippen LogP contribution >= 0.6 is 11.6 Å². The van der Waals surface area contributed by atoms with Gasteiger partial charge in [-0.1, -0.05) is 35.0 Å². The molecule has 1 aromatic carbocycles. The summed E-state index contributed by atoms with van der Waals surface area (Å²) in [5.74, 6) is -0.194. The monoisotopic (exact) mass is 296 g/mol. The molecule has 1 aliphatic rings. The first-order chi connectivity index (χ1) is 9.61. The van der Waals surface area contributed by atoms with Crippen LogP contribution < -0.4 is 5.32 Å². The lowest BCUT2D eigenvalue weighted by Gasteiger charge is -2.15. The van der Waals surface area contributed by atoms with E-state index in [1.165, 1.54) is 0 Å². The maximum Gasteiger partial charge on any atom is 0.264 e. The Hall–Kier alpha value is -1.59. The van der Waals surface area contributed by atoms with E-state index in [2.05, 4.69) is 10.5 Å². The van der Waals surface area contributed by atoms with Crippen LogP contribution in [-0.4, -0.2) is 37.5 Å². The van der Waals surface area contributed by atoms with Crippen molar-refractivity contribution in [3.63, 3.8) is 0 Å². The Morgan fingerprint density at radius 3 is 3.05 bits per heavy atom. The van der Waals surface area contributed by atoms with Crippen molar-refractivity contribution < 1.29 is 14.4 Å². The summed E-state index contributed by atoms with van der Waals surface area (Å²) in [6, 6.07) is 7.29. The van der Waals surface area contributed by atoms with Crippen molar-refractivity contribution in [3.05, 3.63) is 34.9 Å². The molecule has 2 rings (SSSR count). The van der Waals surface area contributed by atoms with E-state index < -0.39 is 6.10 Å². The van der Waals surface area contributed by atoms with E-state index in [0.717, 1.165) is 5.56 Å². The average Bonchev–Trinajstić information content (AvgIpc) is 2.89. The number of carbonyl (C=O) groups excluding carboxylic acids is 1. The van der Waals surface area contributed by atoms with Gasteiger partial charge in [-0.15, -0.1) is 0 Å². The highest BCUT2D eigenvalue weighted by Crippen LogP contribution is 2.22. The normalized spacial score (nSPS) is 19.1. The predicted molar refractivity (Wildman–Crippen MR) is 77.0 cm³/mol. The number of amides is 1. The van der Waals surface area contributed by atoms with Crippen molar-refractivity contribution in [2.24, 2.45) is 5.16 Å². The Balaban J connectivity index is 1.95. The fraction of sp³-hybridized carbons (Fsp3) is 0.429. The van der Waals surface area contributed by atoms with Crippen molar-refractivity contribution in [2.75, 3.05) is 13.7 Å². The molecule has 0 fully saturated rings. The number of hydrogen-bond donors (Lipinski definition) is 1. The molecule has 2 atom stereocenters. The van der Waals surface area contributed by atoms with Gasteiger partial charge in [0.2, 0.25) is 6.10 Å². The third-order valence-corrected chi connectivity index (χ3v) is 3.28. The van der Waals surface area contributed by atoms with Crippen LogP contribution in [-0.2, 0) is 14.4 Å². The van der Waals surface area contributed by atoms with Gasteiger partial charge >= 0.3 is 0 Å². The Bertz CT molecular complexity index is 519. The molecule has 1 aliphatic heterocycles. The third-order valence-electron chi connectivity index (χ3n) is 2.95. The van der Waals surface area contributed by atoms with E-state index in [9.17, 15) is 4.79 Å². The molecule has 1 heterocycles. The molecule has 108 valence electrons. The molecule has 1 N–H and O–H groups in total. The van der Waals surface area contributed by atoms with Gasteiger partial charge < -0.3 is 14.9 Å². The zero-order valence-corrected chi connectivity index (χ0v) is 12.2. The molecule has 0 aromatic heterocycles. The number of hydrogen-bond acceptors (Lipinski definition) is 4.